The molecule has 0 saturated carbocycles. The third-order valence-corrected chi connectivity index (χ3v) is 28.1. The number of carbonyl (C=O) groups excluding carboxylic acids is 4. The molecule has 33 heteroatoms. The van der Waals surface area contributed by atoms with E-state index in [1.165, 1.54) is 37.4 Å². The average molecular weight is 1710 g/mol. The van der Waals surface area contributed by atoms with Gasteiger partial charge < -0.3 is 76.7 Å². The van der Waals surface area contributed by atoms with Crippen LogP contribution in [-0.2, 0) is 87.8 Å². The maximum atomic E-state index is 14.8. The number of carbonyl (C=O) groups is 4. The Morgan fingerprint density at radius 2 is 1.03 bits per heavy atom. The summed E-state index contributed by atoms with van der Waals surface area (Å²) in [6, 6.07) is 17.6. The summed E-state index contributed by atoms with van der Waals surface area (Å²) in [5.41, 5.74) is 9.53. The quantitative estimate of drug-likeness (QED) is 0.0314. The Morgan fingerprint density at radius 1 is 0.626 bits per heavy atom. The molecule has 4 fully saturated rings. The molecule has 14 aliphatic rings. The topological polar surface area (TPSA) is 372 Å². The number of nitriles is 1. The molecule has 6 aromatic carbocycles. The zero-order chi connectivity index (χ0) is 79.0. The van der Waals surface area contributed by atoms with Crippen molar-refractivity contribution in [2.45, 2.75) is 157 Å². The number of fused-ring (bicyclic) bond motifs is 22. The SMILES string of the molecule is C.COc1c(C)cc2c(c1O)[C@@H]1[C@@H]3[C@@H]4SC[C@]5(NCCc6c5oc5ccccc65)C(=O)OC[C@@H](c5c6c(c(C)c(OC(C)=O)c54)OCO6)N3[C@@H](C#N)[C@H](C2)N1C.COc1c(C)cc2c(c1O)[C@@H]1[C@@H]3[C@@H]4SC[C@]5(NCCc6c5oc5ccccc65)C(=O)OC[C@@H](c5c6c(c(C)c(OC(C)=O)c54)OCO6)N3[C@@H](O)[C@H](C2)N1C.O=[N+]([O-])O.[Ag]. The summed E-state index contributed by atoms with van der Waals surface area (Å²) in [5.74, 6) is 2.96. The number of aryl methyl sites for hydroxylation is 2. The van der Waals surface area contributed by atoms with E-state index in [2.05, 4.69) is 37.5 Å². The molecule has 8 bridgehead atoms. The number of hydrogen-bond acceptors (Lipinski definition) is 30. The summed E-state index contributed by atoms with van der Waals surface area (Å²) in [5, 5.41) is 69.3. The van der Waals surface area contributed by atoms with Crippen LogP contribution in [0, 0.1) is 49.1 Å². The molecule has 0 aliphatic carbocycles. The maximum Gasteiger partial charge on any atom is 0.335 e. The maximum absolute atomic E-state index is 14.8. The number of phenols is 2. The summed E-state index contributed by atoms with van der Waals surface area (Å²) in [7, 11) is 7.08. The van der Waals surface area contributed by atoms with Crippen LogP contribution in [0.4, 0.5) is 0 Å². The van der Waals surface area contributed by atoms with E-state index in [4.69, 9.17) is 71.5 Å². The predicted octanol–water partition coefficient (Wildman–Crippen LogP) is 9.75. The van der Waals surface area contributed by atoms with Gasteiger partial charge in [0, 0.05) is 145 Å². The molecule has 115 heavy (non-hydrogen) atoms. The van der Waals surface area contributed by atoms with Crippen molar-refractivity contribution < 1.29 is 123 Å². The van der Waals surface area contributed by atoms with Crippen LogP contribution in [0.15, 0.2) is 69.5 Å². The molecule has 609 valence electrons. The minimum absolute atomic E-state index is 0. The fourth-order valence-corrected chi connectivity index (χ4v) is 24.0. The van der Waals surface area contributed by atoms with Gasteiger partial charge in [-0.3, -0.25) is 39.8 Å². The molecule has 6 N–H and O–H groups in total. The normalized spacial score (nSPS) is 28.1. The Hall–Kier alpha value is -9.47. The van der Waals surface area contributed by atoms with Crippen LogP contribution in [0.25, 0.3) is 21.9 Å². The largest absolute Gasteiger partial charge is 0.504 e. The number of nitrogens with one attached hydrogen (secondary N) is 2. The summed E-state index contributed by atoms with van der Waals surface area (Å²) in [4.78, 5) is 72.3. The molecule has 14 aliphatic heterocycles. The molecule has 14 atom stereocenters. The van der Waals surface area contributed by atoms with Gasteiger partial charge in [-0.2, -0.15) is 5.26 Å². The van der Waals surface area contributed by atoms with Crippen LogP contribution in [0.1, 0.15) is 145 Å². The first-order chi connectivity index (χ1) is 54.4. The number of aliphatic hydroxyl groups is 1. The number of piperazine rings is 2. The average Bonchev–Trinajstić information content (AvgIpc) is 1.38. The Balaban J connectivity index is 0.000000163. The molecule has 4 saturated heterocycles. The zero-order valence-electron chi connectivity index (χ0n) is 63.6. The van der Waals surface area contributed by atoms with E-state index in [1.54, 1.807) is 14.2 Å². The van der Waals surface area contributed by atoms with Gasteiger partial charge in [0.15, 0.2) is 57.1 Å². The minimum atomic E-state index is -1.50. The number of thioether (sulfide) groups is 2. The van der Waals surface area contributed by atoms with Crippen molar-refractivity contribution in [3.05, 3.63) is 160 Å². The van der Waals surface area contributed by atoms with E-state index < -0.39 is 99.1 Å². The second kappa shape index (κ2) is 29.6. The van der Waals surface area contributed by atoms with E-state index in [0.29, 0.717) is 135 Å². The number of para-hydroxylation sites is 2. The fourth-order valence-electron chi connectivity index (χ4n) is 20.7. The van der Waals surface area contributed by atoms with Crippen LogP contribution in [0.3, 0.4) is 0 Å². The number of benzene rings is 6. The molecule has 0 amide bonds. The van der Waals surface area contributed by atoms with E-state index in [-0.39, 0.29) is 91.7 Å². The zero-order valence-corrected chi connectivity index (χ0v) is 66.7. The first kappa shape index (κ1) is 79.4. The number of likely N-dealkylation sites (N-methyl/N-ethyl adjacent to an activating group) is 2. The van der Waals surface area contributed by atoms with E-state index in [9.17, 15) is 39.8 Å². The van der Waals surface area contributed by atoms with Gasteiger partial charge in [-0.1, -0.05) is 56.0 Å². The fraction of sp³-hybridized carbons (Fsp3) is 0.451. The number of aliphatic hydroxyl groups excluding tert-OH is 1. The molecule has 30 nitrogen and oxygen atoms in total. The Kier molecular flexibility index (Phi) is 20.4. The number of nitrogens with zero attached hydrogens (tertiary/aromatic N) is 6. The number of rotatable bonds is 4. The molecular formula is C82H86AgN8O22S2. The second-order valence-electron chi connectivity index (χ2n) is 30.7. The standard InChI is InChI=1S/C41H40N4O9S.C40H41N3O10S.CH4.Ag.HNO3/c1-18-12-21-13-24-25(14-42)45-26-15-50-40(48)41(39-23(10-11-43-41)22-8-6-7-9-27(22)54-39)16-55-38(32(45)31(44(24)4)28(21)33(47)34(18)49-5)30-29(26)37-36(51-17-52-37)19(2)35(30)53-20(3)46;1-17-12-20-13-23-38(46)43-24-14-49-39(47)40(37-22(10-11-41-40)21-8-6-7-9-25(21)53-37)15-54-36(30(43)29(42(23)4)26(20)31(45)32(17)48-5)28-27(24)35-34(50-16-51-35)18(2)33(28)52-19(3)44;;;2-1(3)4/h6-9,12,24-26,31-32,38,43,47H,10-11,13,15-17H2,1-5H3;6-9,12,23-24,29-30,36,38,41,45-46H,10-11,13-16H2,1-5H3;1H4;;(H,2,3,4)/t24-,25-,26-,31+,32+,38+,41+;23-,24-,29+,30+,36+,38-,40+;;;/m00.../s1. The van der Waals surface area contributed by atoms with Crippen LogP contribution < -0.4 is 48.5 Å². The van der Waals surface area contributed by atoms with Crippen LogP contribution in [-0.4, -0.2) is 185 Å². The first-order valence-electron chi connectivity index (χ1n) is 37.4. The van der Waals surface area contributed by atoms with Crippen LogP contribution >= 0.6 is 23.5 Å². The van der Waals surface area contributed by atoms with Gasteiger partial charge in [0.2, 0.25) is 13.6 Å². The van der Waals surface area contributed by atoms with Gasteiger partial charge >= 0.3 is 23.9 Å². The molecule has 2 spiro atoms. The second-order valence-corrected chi connectivity index (χ2v) is 33.0. The summed E-state index contributed by atoms with van der Waals surface area (Å²) < 4.78 is 74.3. The number of esters is 4. The molecule has 16 heterocycles. The van der Waals surface area contributed by atoms with E-state index in [1.807, 2.05) is 101 Å². The molecule has 0 unspecified atom stereocenters. The van der Waals surface area contributed by atoms with Gasteiger partial charge in [0.1, 0.15) is 59.7 Å². The van der Waals surface area contributed by atoms with Gasteiger partial charge in [0.25, 0.3) is 5.09 Å². The van der Waals surface area contributed by atoms with Crippen molar-refractivity contribution in [1.29, 1.82) is 5.26 Å². The molecular weight excluding hydrogens is 1620 g/mol. The van der Waals surface area contributed by atoms with Crippen molar-refractivity contribution >= 4 is 69.3 Å². The van der Waals surface area contributed by atoms with Gasteiger partial charge in [-0.05, 0) is 102 Å². The minimum Gasteiger partial charge on any atom is -0.504 e. The van der Waals surface area contributed by atoms with E-state index in [0.717, 1.165) is 60.8 Å². The third-order valence-electron chi connectivity index (χ3n) is 25.1. The van der Waals surface area contributed by atoms with Gasteiger partial charge in [-0.15, -0.1) is 33.6 Å². The monoisotopic (exact) mass is 1710 g/mol. The third kappa shape index (κ3) is 11.7. The molecule has 8 aromatic rings. The predicted molar refractivity (Wildman–Crippen MR) is 411 cm³/mol. The van der Waals surface area contributed by atoms with Crippen LogP contribution in [0.2, 0.25) is 0 Å². The number of phenolic OH excluding ortho intramolecular Hbond substituents is 2. The molecule has 2 aromatic heterocycles. The van der Waals surface area contributed by atoms with Crippen molar-refractivity contribution in [3.63, 3.8) is 0 Å². The Morgan fingerprint density at radius 3 is 1.47 bits per heavy atom. The number of methoxy groups -OCH3 is 2. The smallest absolute Gasteiger partial charge is 0.335 e. The summed E-state index contributed by atoms with van der Waals surface area (Å²) in [6.45, 7) is 10.9. The number of hydrogen-bond donors (Lipinski definition) is 6. The first-order valence-corrected chi connectivity index (χ1v) is 39.5. The summed E-state index contributed by atoms with van der Waals surface area (Å²) in [6.07, 6.45) is 1.30. The van der Waals surface area contributed by atoms with Crippen molar-refractivity contribution in [2.24, 2.45) is 0 Å². The Labute approximate surface area is 684 Å². The van der Waals surface area contributed by atoms with Crippen LogP contribution in [0.5, 0.6) is 57.5 Å². The van der Waals surface area contributed by atoms with Crippen molar-refractivity contribution in [3.8, 4) is 63.6 Å². The van der Waals surface area contributed by atoms with Gasteiger partial charge in [0.05, 0.1) is 61.0 Å². The number of furan rings is 2. The van der Waals surface area contributed by atoms with Crippen molar-refractivity contribution in [2.75, 3.05) is 79.7 Å². The summed E-state index contributed by atoms with van der Waals surface area (Å²) >= 11 is 3.02. The molecule has 22 rings (SSSR count). The molecule has 1 radical (unpaired) electrons. The number of ether oxygens (including phenoxy) is 10. The Bertz CT molecular complexity index is 5460. The van der Waals surface area contributed by atoms with E-state index >= 15 is 0 Å². The number of aromatic hydroxyl groups is 2. The van der Waals surface area contributed by atoms with Gasteiger partial charge in [-0.25, -0.2) is 9.59 Å². The van der Waals surface area contributed by atoms with Crippen molar-refractivity contribution in [1.82, 2.24) is 30.2 Å².